The molecule has 1 aliphatic carbocycles. The lowest BCUT2D eigenvalue weighted by molar-refractivity contribution is -0.164. The Hall–Kier alpha value is 0.0400. The molecule has 0 saturated heterocycles. The van der Waals surface area contributed by atoms with Gasteiger partial charge in [0.2, 0.25) is 0 Å². The molecular weight excluding hydrogens is 179 g/mol. The van der Waals surface area contributed by atoms with Crippen molar-refractivity contribution in [3.63, 3.8) is 0 Å². The van der Waals surface area contributed by atoms with E-state index in [1.54, 1.807) is 0 Å². The molecule has 0 aromatic carbocycles. The van der Waals surface area contributed by atoms with E-state index in [-0.39, 0.29) is 18.3 Å². The monoisotopic (exact) mass is 189 g/mol. The smallest absolute Gasteiger partial charge is 0.320 e. The zero-order chi connectivity index (χ0) is 7.78. The first-order valence-electron chi connectivity index (χ1n) is 3.34. The average molecular weight is 190 g/mol. The quantitative estimate of drug-likeness (QED) is 0.672. The summed E-state index contributed by atoms with van der Waals surface area (Å²) in [5.41, 5.74) is 4.93. The summed E-state index contributed by atoms with van der Waals surface area (Å²) in [5.74, 6) is -0.306. The molecule has 1 rings (SSSR count). The van der Waals surface area contributed by atoms with E-state index in [9.17, 15) is 13.2 Å². The van der Waals surface area contributed by atoms with Gasteiger partial charge in [-0.1, -0.05) is 6.42 Å². The van der Waals surface area contributed by atoms with Crippen LogP contribution in [-0.4, -0.2) is 12.2 Å². The van der Waals surface area contributed by atoms with E-state index >= 15 is 0 Å². The fourth-order valence-corrected chi connectivity index (χ4v) is 1.07. The van der Waals surface area contributed by atoms with Gasteiger partial charge in [-0.15, -0.1) is 12.4 Å². The molecule has 2 N–H and O–H groups in total. The minimum absolute atomic E-state index is 0. The van der Waals surface area contributed by atoms with Gasteiger partial charge in [-0.05, 0) is 18.8 Å². The van der Waals surface area contributed by atoms with Crippen LogP contribution in [0.5, 0.6) is 0 Å². The van der Waals surface area contributed by atoms with Crippen molar-refractivity contribution < 1.29 is 13.2 Å². The van der Waals surface area contributed by atoms with Crippen molar-refractivity contribution in [2.24, 2.45) is 11.7 Å². The second-order valence-corrected chi connectivity index (χ2v) is 2.76. The zero-order valence-corrected chi connectivity index (χ0v) is 6.71. The lowest BCUT2D eigenvalue weighted by atomic mass is 9.80. The third-order valence-corrected chi connectivity index (χ3v) is 2.04. The van der Waals surface area contributed by atoms with Gasteiger partial charge in [-0.2, -0.15) is 13.2 Å². The van der Waals surface area contributed by atoms with E-state index < -0.39 is 12.2 Å². The fourth-order valence-electron chi connectivity index (χ4n) is 1.07. The van der Waals surface area contributed by atoms with Gasteiger partial charge in [0.25, 0.3) is 0 Å². The highest BCUT2D eigenvalue weighted by molar-refractivity contribution is 5.85. The first kappa shape index (κ1) is 11.0. The molecule has 0 aromatic rings. The third kappa shape index (κ3) is 2.52. The zero-order valence-electron chi connectivity index (χ0n) is 5.90. The number of alkyl halides is 3. The van der Waals surface area contributed by atoms with Gasteiger partial charge in [0.05, 0.1) is 0 Å². The maximum Gasteiger partial charge on any atom is 0.403 e. The number of hydrogen-bond donors (Lipinski definition) is 1. The molecule has 0 amide bonds. The summed E-state index contributed by atoms with van der Waals surface area (Å²) >= 11 is 0. The van der Waals surface area contributed by atoms with Crippen LogP contribution in [0.1, 0.15) is 19.3 Å². The highest BCUT2D eigenvalue weighted by atomic mass is 35.5. The van der Waals surface area contributed by atoms with E-state index in [1.165, 1.54) is 0 Å². The Labute approximate surface area is 69.5 Å². The molecule has 1 atom stereocenters. The average Bonchev–Trinajstić information content (AvgIpc) is 1.57. The van der Waals surface area contributed by atoms with Crippen LogP contribution in [0.2, 0.25) is 0 Å². The molecule has 0 heterocycles. The van der Waals surface area contributed by atoms with Crippen LogP contribution in [-0.2, 0) is 0 Å². The van der Waals surface area contributed by atoms with E-state index in [4.69, 9.17) is 5.73 Å². The van der Waals surface area contributed by atoms with Gasteiger partial charge in [0.1, 0.15) is 6.04 Å². The van der Waals surface area contributed by atoms with Crippen molar-refractivity contribution in [2.75, 3.05) is 0 Å². The van der Waals surface area contributed by atoms with Crippen LogP contribution in [0.15, 0.2) is 0 Å². The summed E-state index contributed by atoms with van der Waals surface area (Å²) in [6.07, 6.45) is -2.01. The summed E-state index contributed by atoms with van der Waals surface area (Å²) in [4.78, 5) is 0. The molecule has 0 aliphatic heterocycles. The lowest BCUT2D eigenvalue weighted by Crippen LogP contribution is -2.46. The summed E-state index contributed by atoms with van der Waals surface area (Å²) in [5, 5.41) is 0. The van der Waals surface area contributed by atoms with Crippen LogP contribution in [0, 0.1) is 5.92 Å². The second-order valence-electron chi connectivity index (χ2n) is 2.76. The van der Waals surface area contributed by atoms with Crippen molar-refractivity contribution in [3.05, 3.63) is 0 Å². The predicted octanol–water partition coefficient (Wildman–Crippen LogP) is 2.10. The van der Waals surface area contributed by atoms with E-state index in [0.717, 1.165) is 6.42 Å². The van der Waals surface area contributed by atoms with Crippen LogP contribution >= 0.6 is 12.4 Å². The molecule has 5 heteroatoms. The Bertz CT molecular complexity index is 121. The highest BCUT2D eigenvalue weighted by Crippen LogP contribution is 2.35. The Morgan fingerprint density at radius 3 is 1.82 bits per heavy atom. The number of halogens is 4. The van der Waals surface area contributed by atoms with Gasteiger partial charge >= 0.3 is 6.18 Å². The van der Waals surface area contributed by atoms with Crippen molar-refractivity contribution in [1.29, 1.82) is 0 Å². The van der Waals surface area contributed by atoms with Crippen LogP contribution in [0.3, 0.4) is 0 Å². The van der Waals surface area contributed by atoms with Crippen molar-refractivity contribution in [1.82, 2.24) is 0 Å². The normalized spacial score (nSPS) is 21.8. The third-order valence-electron chi connectivity index (χ3n) is 2.04. The van der Waals surface area contributed by atoms with Gasteiger partial charge in [0, 0.05) is 0 Å². The maximum atomic E-state index is 11.8. The van der Waals surface area contributed by atoms with Crippen LogP contribution in [0.25, 0.3) is 0 Å². The largest absolute Gasteiger partial charge is 0.403 e. The summed E-state index contributed by atoms with van der Waals surface area (Å²) in [6.45, 7) is 0. The molecule has 1 nitrogen and oxygen atoms in total. The Kier molecular flexibility index (Phi) is 3.64. The topological polar surface area (TPSA) is 26.0 Å². The summed E-state index contributed by atoms with van der Waals surface area (Å²) in [6, 6.07) is -1.58. The standard InChI is InChI=1S/C6H10F3N.ClH/c7-6(8,9)5(10)4-2-1-3-4;/h4-5H,1-3,10H2;1H/t5-;/m1./s1. The molecule has 0 radical (unpaired) electrons. The minimum Gasteiger partial charge on any atom is -0.320 e. The molecular formula is C6H11ClF3N. The molecule has 1 fully saturated rings. The minimum atomic E-state index is -4.19. The van der Waals surface area contributed by atoms with E-state index in [0.29, 0.717) is 12.8 Å². The molecule has 0 aromatic heterocycles. The second kappa shape index (κ2) is 3.63. The van der Waals surface area contributed by atoms with Gasteiger partial charge in [-0.3, -0.25) is 0 Å². The van der Waals surface area contributed by atoms with Crippen LogP contribution < -0.4 is 5.73 Å². The van der Waals surface area contributed by atoms with Crippen LogP contribution in [0.4, 0.5) is 13.2 Å². The molecule has 0 bridgehead atoms. The molecule has 0 spiro atoms. The summed E-state index contributed by atoms with van der Waals surface area (Å²) < 4.78 is 35.4. The van der Waals surface area contributed by atoms with E-state index in [1.807, 2.05) is 0 Å². The molecule has 1 saturated carbocycles. The van der Waals surface area contributed by atoms with Gasteiger partial charge in [0.15, 0.2) is 0 Å². The van der Waals surface area contributed by atoms with Crippen molar-refractivity contribution in [2.45, 2.75) is 31.5 Å². The number of nitrogens with two attached hydrogens (primary N) is 1. The molecule has 11 heavy (non-hydrogen) atoms. The van der Waals surface area contributed by atoms with Gasteiger partial charge < -0.3 is 5.73 Å². The van der Waals surface area contributed by atoms with E-state index in [2.05, 4.69) is 0 Å². The molecule has 0 unspecified atom stereocenters. The maximum absolute atomic E-state index is 11.8. The van der Waals surface area contributed by atoms with Crippen molar-refractivity contribution >= 4 is 12.4 Å². The SMILES string of the molecule is Cl.N[C@H](C1CCC1)C(F)(F)F. The number of hydrogen-bond acceptors (Lipinski definition) is 1. The Morgan fingerprint density at radius 2 is 1.73 bits per heavy atom. The Morgan fingerprint density at radius 1 is 1.27 bits per heavy atom. The predicted molar refractivity (Wildman–Crippen MR) is 38.6 cm³/mol. The number of rotatable bonds is 1. The molecule has 1 aliphatic rings. The fraction of sp³-hybridized carbons (Fsp3) is 1.00. The highest BCUT2D eigenvalue weighted by Gasteiger charge is 2.43. The first-order chi connectivity index (χ1) is 4.52. The summed E-state index contributed by atoms with van der Waals surface area (Å²) in [7, 11) is 0. The van der Waals surface area contributed by atoms with Crippen molar-refractivity contribution in [3.8, 4) is 0 Å². The lowest BCUT2D eigenvalue weighted by Gasteiger charge is -2.32. The molecule has 68 valence electrons. The Balaban J connectivity index is 0.000001000. The van der Waals surface area contributed by atoms with Gasteiger partial charge in [-0.25, -0.2) is 0 Å². The first-order valence-corrected chi connectivity index (χ1v) is 3.34.